The van der Waals surface area contributed by atoms with Gasteiger partial charge in [-0.3, -0.25) is 14.7 Å². The highest BCUT2D eigenvalue weighted by Gasteiger charge is 2.36. The van der Waals surface area contributed by atoms with Crippen LogP contribution in [0.4, 0.5) is 11.4 Å². The number of aliphatic imine (C=N–C) groups is 1. The van der Waals surface area contributed by atoms with E-state index in [9.17, 15) is 13.2 Å². The van der Waals surface area contributed by atoms with Crippen molar-refractivity contribution in [2.45, 2.75) is 30.2 Å². The van der Waals surface area contributed by atoms with Gasteiger partial charge in [-0.15, -0.1) is 0 Å². The summed E-state index contributed by atoms with van der Waals surface area (Å²) < 4.78 is 28.7. The first-order valence-corrected chi connectivity index (χ1v) is 15.0. The molecule has 6 rings (SSSR count). The van der Waals surface area contributed by atoms with E-state index in [1.807, 2.05) is 42.5 Å². The molecule has 1 unspecified atom stereocenters. The molecule has 9 heteroatoms. The molecular formula is C30H33N5O3S. The summed E-state index contributed by atoms with van der Waals surface area (Å²) in [6.07, 6.45) is 2.11. The molecule has 3 aliphatic rings. The van der Waals surface area contributed by atoms with Crippen LogP contribution in [0.2, 0.25) is 0 Å². The van der Waals surface area contributed by atoms with Crippen LogP contribution in [-0.4, -0.2) is 57.7 Å². The van der Waals surface area contributed by atoms with Gasteiger partial charge in [-0.05, 0) is 65.8 Å². The maximum atomic E-state index is 13.3. The molecule has 8 nitrogen and oxygen atoms in total. The monoisotopic (exact) mass is 543 g/mol. The Bertz CT molecular complexity index is 1480. The number of piperazine rings is 1. The van der Waals surface area contributed by atoms with Crippen LogP contribution in [0.1, 0.15) is 35.4 Å². The summed E-state index contributed by atoms with van der Waals surface area (Å²) >= 11 is 0. The zero-order valence-corrected chi connectivity index (χ0v) is 22.6. The molecule has 2 heterocycles. The molecule has 0 bridgehead atoms. The number of amides is 1. The number of hydrogen-bond acceptors (Lipinski definition) is 6. The molecule has 0 radical (unpaired) electrons. The van der Waals surface area contributed by atoms with E-state index >= 15 is 0 Å². The first kappa shape index (κ1) is 25.9. The molecule has 2 aliphatic heterocycles. The zero-order valence-electron chi connectivity index (χ0n) is 21.8. The second-order valence-corrected chi connectivity index (χ2v) is 12.3. The molecule has 39 heavy (non-hydrogen) atoms. The predicted molar refractivity (Wildman–Crippen MR) is 153 cm³/mol. The van der Waals surface area contributed by atoms with Crippen LogP contribution in [-0.2, 0) is 21.4 Å². The van der Waals surface area contributed by atoms with Gasteiger partial charge in [0, 0.05) is 45.0 Å². The number of sulfonamides is 1. The lowest BCUT2D eigenvalue weighted by Crippen LogP contribution is -2.42. The Hall–Kier alpha value is -3.37. The fourth-order valence-corrected chi connectivity index (χ4v) is 6.31. The lowest BCUT2D eigenvalue weighted by atomic mass is 9.90. The lowest BCUT2D eigenvalue weighted by Gasteiger charge is -2.27. The van der Waals surface area contributed by atoms with Gasteiger partial charge in [-0.25, -0.2) is 13.1 Å². The summed E-state index contributed by atoms with van der Waals surface area (Å²) in [6.45, 7) is 5.41. The third kappa shape index (κ3) is 5.96. The van der Waals surface area contributed by atoms with Gasteiger partial charge in [-0.2, -0.15) is 0 Å². The zero-order chi connectivity index (χ0) is 26.8. The van der Waals surface area contributed by atoms with Crippen molar-refractivity contribution in [1.82, 2.24) is 14.9 Å². The molecule has 3 N–H and O–H groups in total. The van der Waals surface area contributed by atoms with Gasteiger partial charge in [0.05, 0.1) is 16.3 Å². The Morgan fingerprint density at radius 1 is 0.974 bits per heavy atom. The number of fused-ring (bicyclic) bond motifs is 1. The average molecular weight is 544 g/mol. The molecule has 1 saturated carbocycles. The number of benzene rings is 3. The largest absolute Gasteiger partial charge is 0.325 e. The van der Waals surface area contributed by atoms with E-state index in [2.05, 4.69) is 32.4 Å². The van der Waals surface area contributed by atoms with Gasteiger partial charge in [-0.1, -0.05) is 42.5 Å². The Morgan fingerprint density at radius 3 is 2.44 bits per heavy atom. The van der Waals surface area contributed by atoms with E-state index < -0.39 is 15.9 Å². The number of nitrogens with zero attached hydrogens (tertiary/aromatic N) is 2. The second-order valence-electron chi connectivity index (χ2n) is 10.5. The molecule has 3 aromatic carbocycles. The van der Waals surface area contributed by atoms with Crippen LogP contribution >= 0.6 is 0 Å². The average Bonchev–Trinajstić information content (AvgIpc) is 3.73. The number of hydrogen-bond donors (Lipinski definition) is 3. The van der Waals surface area contributed by atoms with E-state index in [0.717, 1.165) is 56.8 Å². The minimum absolute atomic E-state index is 0.160. The summed E-state index contributed by atoms with van der Waals surface area (Å²) in [5, 5.41) is 6.31. The van der Waals surface area contributed by atoms with Crippen LogP contribution in [0.3, 0.4) is 0 Å². The molecule has 2 fully saturated rings. The topological polar surface area (TPSA) is 103 Å². The Balaban J connectivity index is 1.32. The van der Waals surface area contributed by atoms with Crippen LogP contribution in [0.5, 0.6) is 0 Å². The summed E-state index contributed by atoms with van der Waals surface area (Å²) in [5.41, 5.74) is 4.59. The Morgan fingerprint density at radius 2 is 1.72 bits per heavy atom. The molecule has 1 amide bonds. The van der Waals surface area contributed by atoms with Gasteiger partial charge in [0.25, 0.3) is 0 Å². The Labute approximate surface area is 229 Å². The molecule has 3 aromatic rings. The first-order valence-electron chi connectivity index (χ1n) is 13.6. The number of anilines is 1. The molecule has 1 aliphatic carbocycles. The molecule has 202 valence electrons. The highest BCUT2D eigenvalue weighted by atomic mass is 32.2. The van der Waals surface area contributed by atoms with Crippen molar-refractivity contribution in [2.75, 3.05) is 38.0 Å². The number of carbonyl (C=O) groups excluding carboxylic acids is 1. The van der Waals surface area contributed by atoms with Gasteiger partial charge in [0.15, 0.2) is 0 Å². The fraction of sp³-hybridized carbons (Fsp3) is 0.333. The number of carbonyl (C=O) groups is 1. The van der Waals surface area contributed by atoms with Crippen molar-refractivity contribution in [3.05, 3.63) is 89.5 Å². The van der Waals surface area contributed by atoms with Gasteiger partial charge < -0.3 is 10.6 Å². The SMILES string of the molecule is O=C1Nc2ccc(S(=O)(=O)NCC3CC3)cc2C1C(=Nc1ccc(CN2CCNCC2)cc1)c1ccccc1. The fourth-order valence-electron chi connectivity index (χ4n) is 5.16. The summed E-state index contributed by atoms with van der Waals surface area (Å²) in [5.74, 6) is -0.532. The van der Waals surface area contributed by atoms with Crippen molar-refractivity contribution < 1.29 is 13.2 Å². The quantitative estimate of drug-likeness (QED) is 0.358. The van der Waals surface area contributed by atoms with Crippen LogP contribution in [0.15, 0.2) is 82.7 Å². The minimum Gasteiger partial charge on any atom is -0.325 e. The summed E-state index contributed by atoms with van der Waals surface area (Å²) in [4.78, 5) is 20.9. The number of nitrogens with one attached hydrogen (secondary N) is 3. The summed E-state index contributed by atoms with van der Waals surface area (Å²) in [6, 6.07) is 22.6. The van der Waals surface area contributed by atoms with Crippen molar-refractivity contribution >= 4 is 33.0 Å². The first-order chi connectivity index (χ1) is 19.0. The van der Waals surface area contributed by atoms with E-state index in [1.54, 1.807) is 18.2 Å². The number of rotatable bonds is 9. The van der Waals surface area contributed by atoms with E-state index in [-0.39, 0.29) is 10.8 Å². The molecule has 0 spiro atoms. The normalized spacial score (nSPS) is 20.1. The van der Waals surface area contributed by atoms with Crippen molar-refractivity contribution in [3.63, 3.8) is 0 Å². The van der Waals surface area contributed by atoms with Gasteiger partial charge >= 0.3 is 0 Å². The van der Waals surface area contributed by atoms with Crippen LogP contribution in [0, 0.1) is 5.92 Å². The maximum Gasteiger partial charge on any atom is 0.240 e. The third-order valence-corrected chi connectivity index (χ3v) is 8.99. The second kappa shape index (κ2) is 11.0. The third-order valence-electron chi connectivity index (χ3n) is 7.57. The van der Waals surface area contributed by atoms with E-state index in [1.165, 1.54) is 5.56 Å². The molecule has 0 aromatic heterocycles. The van der Waals surface area contributed by atoms with E-state index in [4.69, 9.17) is 4.99 Å². The summed E-state index contributed by atoms with van der Waals surface area (Å²) in [7, 11) is -3.68. The lowest BCUT2D eigenvalue weighted by molar-refractivity contribution is -0.115. The molecular weight excluding hydrogens is 510 g/mol. The minimum atomic E-state index is -3.68. The highest BCUT2D eigenvalue weighted by Crippen LogP contribution is 2.38. The van der Waals surface area contributed by atoms with Gasteiger partial charge in [0.2, 0.25) is 15.9 Å². The van der Waals surface area contributed by atoms with E-state index in [0.29, 0.717) is 29.4 Å². The molecule has 1 atom stereocenters. The Kier molecular flexibility index (Phi) is 7.31. The van der Waals surface area contributed by atoms with Gasteiger partial charge in [0.1, 0.15) is 5.92 Å². The highest BCUT2D eigenvalue weighted by molar-refractivity contribution is 7.89. The van der Waals surface area contributed by atoms with Crippen LogP contribution < -0.4 is 15.4 Å². The predicted octanol–water partition coefficient (Wildman–Crippen LogP) is 3.64. The molecule has 1 saturated heterocycles. The van der Waals surface area contributed by atoms with Crippen molar-refractivity contribution in [1.29, 1.82) is 0 Å². The van der Waals surface area contributed by atoms with Crippen molar-refractivity contribution in [3.8, 4) is 0 Å². The smallest absolute Gasteiger partial charge is 0.240 e. The van der Waals surface area contributed by atoms with Crippen molar-refractivity contribution in [2.24, 2.45) is 10.9 Å². The maximum absolute atomic E-state index is 13.3. The van der Waals surface area contributed by atoms with Crippen LogP contribution in [0.25, 0.3) is 0 Å². The standard InChI is InChI=1S/C30H33N5O3S/c36-30-28(26-18-25(12-13-27(26)34-30)39(37,38)32-19-21-6-7-21)29(23-4-2-1-3-5-23)33-24-10-8-22(9-11-24)20-35-16-14-31-15-17-35/h1-5,8-13,18,21,28,31-32H,6-7,14-17,19-20H2,(H,34,36).